The molecule has 0 radical (unpaired) electrons. The molecule has 1 fully saturated rings. The average Bonchev–Trinajstić information content (AvgIpc) is 2.83. The molecule has 0 aromatic carbocycles. The number of aliphatic hydroxyl groups excluding tert-OH is 1. The van der Waals surface area contributed by atoms with Crippen LogP contribution in [0.2, 0.25) is 0 Å². The molecule has 0 saturated heterocycles. The number of carboxylic acid groups (broad SMARTS) is 1. The van der Waals surface area contributed by atoms with E-state index in [1.807, 2.05) is 18.4 Å². The van der Waals surface area contributed by atoms with Crippen LogP contribution < -0.4 is 0 Å². The summed E-state index contributed by atoms with van der Waals surface area (Å²) < 4.78 is 0.874. The molecular weight excluding hydrogens is 304 g/mol. The molecule has 1 heterocycles. The van der Waals surface area contributed by atoms with Crippen molar-refractivity contribution in [1.82, 2.24) is 0 Å². The van der Waals surface area contributed by atoms with Crippen molar-refractivity contribution in [3.63, 3.8) is 0 Å². The predicted molar refractivity (Wildman–Crippen MR) is 70.0 cm³/mol. The smallest absolute Gasteiger partial charge is 0.306 e. The second-order valence-corrected chi connectivity index (χ2v) is 6.56. The van der Waals surface area contributed by atoms with Crippen LogP contribution in [-0.2, 0) is 4.79 Å². The summed E-state index contributed by atoms with van der Waals surface area (Å²) in [5.41, 5.74) is 0. The summed E-state index contributed by atoms with van der Waals surface area (Å²) in [5, 5.41) is 21.4. The van der Waals surface area contributed by atoms with Crippen molar-refractivity contribution in [2.75, 3.05) is 0 Å². The van der Waals surface area contributed by atoms with E-state index in [1.54, 1.807) is 0 Å². The molecule has 1 saturated carbocycles. The molecule has 1 aliphatic rings. The lowest BCUT2D eigenvalue weighted by atomic mass is 9.90. The quantitative estimate of drug-likeness (QED) is 0.899. The number of thiophene rings is 1. The highest BCUT2D eigenvalue weighted by molar-refractivity contribution is 9.10. The van der Waals surface area contributed by atoms with Crippen LogP contribution in [0.3, 0.4) is 0 Å². The van der Waals surface area contributed by atoms with E-state index in [9.17, 15) is 15.0 Å². The van der Waals surface area contributed by atoms with Crippen molar-refractivity contribution in [3.05, 3.63) is 20.8 Å². The second kappa shape index (κ2) is 5.08. The number of rotatable bonds is 3. The highest BCUT2D eigenvalue weighted by atomic mass is 79.9. The standard InChI is InChI=1S/C12H15BrO3S/c1-6-4-7(8(5-6)12(15)16)10(14)11-9(13)2-3-17-11/h2-3,6-8,10,14H,4-5H2,1H3,(H,15,16). The Hall–Kier alpha value is -0.390. The van der Waals surface area contributed by atoms with Crippen LogP contribution in [0.25, 0.3) is 0 Å². The first-order valence-corrected chi connectivity index (χ1v) is 7.31. The maximum atomic E-state index is 11.2. The largest absolute Gasteiger partial charge is 0.481 e. The number of carboxylic acids is 1. The van der Waals surface area contributed by atoms with Crippen molar-refractivity contribution in [1.29, 1.82) is 0 Å². The molecule has 0 spiro atoms. The van der Waals surface area contributed by atoms with Crippen LogP contribution in [0.15, 0.2) is 15.9 Å². The summed E-state index contributed by atoms with van der Waals surface area (Å²) in [6.07, 6.45) is 0.776. The van der Waals surface area contributed by atoms with Gasteiger partial charge in [-0.2, -0.15) is 0 Å². The van der Waals surface area contributed by atoms with E-state index in [1.165, 1.54) is 11.3 Å². The lowest BCUT2D eigenvalue weighted by Crippen LogP contribution is -2.23. The molecule has 1 aromatic rings. The Bertz CT molecular complexity index is 418. The number of halogens is 1. The summed E-state index contributed by atoms with van der Waals surface area (Å²) in [6, 6.07) is 1.89. The van der Waals surface area contributed by atoms with Crippen molar-refractivity contribution >= 4 is 33.2 Å². The molecule has 3 nitrogen and oxygen atoms in total. The van der Waals surface area contributed by atoms with E-state index in [-0.39, 0.29) is 5.92 Å². The zero-order chi connectivity index (χ0) is 12.6. The van der Waals surface area contributed by atoms with Crippen molar-refractivity contribution in [2.24, 2.45) is 17.8 Å². The SMILES string of the molecule is CC1CC(C(=O)O)C(C(O)c2sccc2Br)C1. The molecule has 17 heavy (non-hydrogen) atoms. The third-order valence-electron chi connectivity index (χ3n) is 3.48. The van der Waals surface area contributed by atoms with Crippen LogP contribution >= 0.6 is 27.3 Å². The highest BCUT2D eigenvalue weighted by Crippen LogP contribution is 2.45. The van der Waals surface area contributed by atoms with Crippen LogP contribution in [-0.4, -0.2) is 16.2 Å². The zero-order valence-electron chi connectivity index (χ0n) is 9.47. The van der Waals surface area contributed by atoms with E-state index in [4.69, 9.17) is 0 Å². The Morgan fingerprint density at radius 3 is 2.82 bits per heavy atom. The number of aliphatic hydroxyl groups is 1. The summed E-state index contributed by atoms with van der Waals surface area (Å²) in [4.78, 5) is 12.0. The average molecular weight is 319 g/mol. The van der Waals surface area contributed by atoms with Gasteiger partial charge in [0.05, 0.1) is 12.0 Å². The van der Waals surface area contributed by atoms with E-state index in [0.29, 0.717) is 12.3 Å². The van der Waals surface area contributed by atoms with Gasteiger partial charge in [0.2, 0.25) is 0 Å². The van der Waals surface area contributed by atoms with Crippen LogP contribution in [0, 0.1) is 17.8 Å². The van der Waals surface area contributed by atoms with E-state index in [0.717, 1.165) is 15.8 Å². The zero-order valence-corrected chi connectivity index (χ0v) is 11.9. The van der Waals surface area contributed by atoms with Crippen LogP contribution in [0.4, 0.5) is 0 Å². The Kier molecular flexibility index (Phi) is 3.90. The first-order valence-electron chi connectivity index (χ1n) is 5.64. The molecular formula is C12H15BrO3S. The summed E-state index contributed by atoms with van der Waals surface area (Å²) in [7, 11) is 0. The van der Waals surface area contributed by atoms with Gasteiger partial charge in [0, 0.05) is 15.3 Å². The van der Waals surface area contributed by atoms with E-state index >= 15 is 0 Å². The van der Waals surface area contributed by atoms with Gasteiger partial charge in [-0.15, -0.1) is 11.3 Å². The Morgan fingerprint density at radius 2 is 2.29 bits per heavy atom. The molecule has 2 rings (SSSR count). The van der Waals surface area contributed by atoms with Crippen molar-refractivity contribution < 1.29 is 15.0 Å². The normalized spacial score (nSPS) is 30.4. The molecule has 0 aliphatic heterocycles. The minimum absolute atomic E-state index is 0.169. The van der Waals surface area contributed by atoms with Gasteiger partial charge in [-0.25, -0.2) is 0 Å². The Labute approximate surface area is 113 Å². The summed E-state index contributed by atoms with van der Waals surface area (Å²) in [6.45, 7) is 2.05. The first kappa shape index (κ1) is 13.1. The number of carbonyl (C=O) groups is 1. The fourth-order valence-corrected chi connectivity index (χ4v) is 4.34. The lowest BCUT2D eigenvalue weighted by Gasteiger charge is -2.21. The Morgan fingerprint density at radius 1 is 1.59 bits per heavy atom. The maximum absolute atomic E-state index is 11.2. The minimum atomic E-state index is -0.786. The number of hydrogen-bond donors (Lipinski definition) is 2. The topological polar surface area (TPSA) is 57.5 Å². The van der Waals surface area contributed by atoms with Crippen molar-refractivity contribution in [3.8, 4) is 0 Å². The fourth-order valence-electron chi connectivity index (χ4n) is 2.68. The molecule has 1 aromatic heterocycles. The predicted octanol–water partition coefficient (Wildman–Crippen LogP) is 3.29. The third kappa shape index (κ3) is 2.56. The molecule has 0 amide bonds. The monoisotopic (exact) mass is 318 g/mol. The molecule has 2 N–H and O–H groups in total. The number of aliphatic carboxylic acids is 1. The van der Waals surface area contributed by atoms with Gasteiger partial charge in [-0.1, -0.05) is 6.92 Å². The van der Waals surface area contributed by atoms with E-state index in [2.05, 4.69) is 15.9 Å². The van der Waals surface area contributed by atoms with Gasteiger partial charge in [0.15, 0.2) is 0 Å². The van der Waals surface area contributed by atoms with Gasteiger partial charge in [0.25, 0.3) is 0 Å². The number of hydrogen-bond acceptors (Lipinski definition) is 3. The van der Waals surface area contributed by atoms with Gasteiger partial charge in [0.1, 0.15) is 0 Å². The molecule has 4 atom stereocenters. The van der Waals surface area contributed by atoms with Gasteiger partial charge in [-0.3, -0.25) is 4.79 Å². The third-order valence-corrected chi connectivity index (χ3v) is 5.43. The van der Waals surface area contributed by atoms with Crippen LogP contribution in [0.1, 0.15) is 30.7 Å². The van der Waals surface area contributed by atoms with Gasteiger partial charge >= 0.3 is 5.97 Å². The lowest BCUT2D eigenvalue weighted by molar-refractivity contribution is -0.144. The highest BCUT2D eigenvalue weighted by Gasteiger charge is 2.41. The second-order valence-electron chi connectivity index (χ2n) is 4.76. The van der Waals surface area contributed by atoms with Gasteiger partial charge in [-0.05, 0) is 46.1 Å². The van der Waals surface area contributed by atoms with Gasteiger partial charge < -0.3 is 10.2 Å². The molecule has 4 unspecified atom stereocenters. The molecule has 0 bridgehead atoms. The molecule has 5 heteroatoms. The van der Waals surface area contributed by atoms with E-state index < -0.39 is 18.0 Å². The Balaban J connectivity index is 2.21. The summed E-state index contributed by atoms with van der Waals surface area (Å²) >= 11 is 4.86. The maximum Gasteiger partial charge on any atom is 0.306 e. The fraction of sp³-hybridized carbons (Fsp3) is 0.583. The molecule has 94 valence electrons. The molecule has 1 aliphatic carbocycles. The minimum Gasteiger partial charge on any atom is -0.481 e. The van der Waals surface area contributed by atoms with Crippen molar-refractivity contribution in [2.45, 2.75) is 25.9 Å². The van der Waals surface area contributed by atoms with Crippen LogP contribution in [0.5, 0.6) is 0 Å². The summed E-state index contributed by atoms with van der Waals surface area (Å²) in [5.74, 6) is -1.01. The first-order chi connectivity index (χ1) is 8.00.